The van der Waals surface area contributed by atoms with Crippen LogP contribution < -0.4 is 10.1 Å². The van der Waals surface area contributed by atoms with Crippen LogP contribution in [-0.2, 0) is 0 Å². The average Bonchev–Trinajstić information content (AvgIpc) is 2.62. The van der Waals surface area contributed by atoms with Gasteiger partial charge in [-0.3, -0.25) is 4.98 Å². The van der Waals surface area contributed by atoms with Gasteiger partial charge in [0.25, 0.3) is 0 Å². The summed E-state index contributed by atoms with van der Waals surface area (Å²) in [6.07, 6.45) is 1.67. The van der Waals surface area contributed by atoms with E-state index in [1.165, 1.54) is 0 Å². The Hall–Kier alpha value is -3.34. The van der Waals surface area contributed by atoms with Crippen molar-refractivity contribution in [2.24, 2.45) is 0 Å². The minimum Gasteiger partial charge on any atom is -0.497 e. The van der Waals surface area contributed by atoms with Gasteiger partial charge in [0, 0.05) is 5.56 Å². The lowest BCUT2D eigenvalue weighted by Crippen LogP contribution is -2.02. The summed E-state index contributed by atoms with van der Waals surface area (Å²) in [7, 11) is 1.62. The van der Waals surface area contributed by atoms with E-state index < -0.39 is 5.97 Å². The van der Waals surface area contributed by atoms with Crippen molar-refractivity contribution in [2.75, 3.05) is 12.4 Å². The van der Waals surface area contributed by atoms with E-state index in [1.54, 1.807) is 37.6 Å². The summed E-state index contributed by atoms with van der Waals surface area (Å²) < 4.78 is 5.22. The Balaban J connectivity index is 1.84. The molecule has 0 saturated heterocycles. The number of aromatic carboxylic acids is 1. The molecule has 1 aromatic heterocycles. The van der Waals surface area contributed by atoms with Crippen LogP contribution in [0, 0.1) is 0 Å². The molecule has 0 aliphatic carbocycles. The molecule has 0 fully saturated rings. The summed E-state index contributed by atoms with van der Waals surface area (Å²) in [6.45, 7) is 0. The number of carboxylic acids is 1. The zero-order valence-corrected chi connectivity index (χ0v) is 13.1. The first-order valence-corrected chi connectivity index (χ1v) is 7.37. The van der Waals surface area contributed by atoms with Crippen LogP contribution >= 0.6 is 0 Å². The molecule has 0 unspecified atom stereocenters. The van der Waals surface area contributed by atoms with Gasteiger partial charge in [-0.25, -0.2) is 4.79 Å². The number of aromatic nitrogens is 1. The van der Waals surface area contributed by atoms with Gasteiger partial charge in [-0.05, 0) is 36.4 Å². The standard InChI is InChI=1S/C19H16N2O3/c1-24-15-6-4-5-13(11-15)17-10-9-14(12-20-17)21-18-8-3-2-7-16(18)19(22)23/h2-12,21H,1H3,(H,22,23). The maximum atomic E-state index is 11.2. The van der Waals surface area contributed by atoms with Gasteiger partial charge in [0.05, 0.1) is 35.9 Å². The SMILES string of the molecule is COc1cccc(-c2ccc(Nc3ccccc3C(=O)O)cn2)c1. The molecule has 3 rings (SSSR count). The van der Waals surface area contributed by atoms with Gasteiger partial charge in [-0.2, -0.15) is 0 Å². The fourth-order valence-electron chi connectivity index (χ4n) is 2.36. The zero-order valence-electron chi connectivity index (χ0n) is 13.1. The van der Waals surface area contributed by atoms with Gasteiger partial charge in [-0.1, -0.05) is 24.3 Å². The van der Waals surface area contributed by atoms with E-state index in [2.05, 4.69) is 10.3 Å². The van der Waals surface area contributed by atoms with Crippen LogP contribution in [0.1, 0.15) is 10.4 Å². The quantitative estimate of drug-likeness (QED) is 0.737. The fourth-order valence-corrected chi connectivity index (χ4v) is 2.36. The van der Waals surface area contributed by atoms with Gasteiger partial charge in [0.1, 0.15) is 5.75 Å². The van der Waals surface area contributed by atoms with E-state index >= 15 is 0 Å². The number of hydrogen-bond donors (Lipinski definition) is 2. The highest BCUT2D eigenvalue weighted by molar-refractivity contribution is 5.95. The van der Waals surface area contributed by atoms with E-state index in [1.807, 2.05) is 36.4 Å². The molecule has 0 aliphatic rings. The second kappa shape index (κ2) is 6.83. The summed E-state index contributed by atoms with van der Waals surface area (Å²) in [6, 6.07) is 18.1. The number of nitrogens with zero attached hydrogens (tertiary/aromatic N) is 1. The van der Waals surface area contributed by atoms with Crippen molar-refractivity contribution in [3.05, 3.63) is 72.4 Å². The van der Waals surface area contributed by atoms with Crippen LogP contribution in [0.4, 0.5) is 11.4 Å². The van der Waals surface area contributed by atoms with Gasteiger partial charge in [0.15, 0.2) is 0 Å². The Kier molecular flexibility index (Phi) is 4.43. The van der Waals surface area contributed by atoms with E-state index in [9.17, 15) is 9.90 Å². The van der Waals surface area contributed by atoms with Gasteiger partial charge in [-0.15, -0.1) is 0 Å². The normalized spacial score (nSPS) is 10.2. The summed E-state index contributed by atoms with van der Waals surface area (Å²) in [5.41, 5.74) is 3.23. The number of ether oxygens (including phenoxy) is 1. The van der Waals surface area contributed by atoms with Gasteiger partial charge >= 0.3 is 5.97 Å². The molecular weight excluding hydrogens is 304 g/mol. The lowest BCUT2D eigenvalue weighted by atomic mass is 10.1. The summed E-state index contributed by atoms with van der Waals surface area (Å²) in [5.74, 6) is -0.203. The fraction of sp³-hybridized carbons (Fsp3) is 0.0526. The molecule has 120 valence electrons. The topological polar surface area (TPSA) is 71.5 Å². The monoisotopic (exact) mass is 320 g/mol. The molecule has 0 atom stereocenters. The predicted molar refractivity (Wildman–Crippen MR) is 92.9 cm³/mol. The van der Waals surface area contributed by atoms with Crippen LogP contribution in [0.3, 0.4) is 0 Å². The number of para-hydroxylation sites is 1. The molecule has 0 saturated carbocycles. The third-order valence-electron chi connectivity index (χ3n) is 3.57. The van der Waals surface area contributed by atoms with Crippen LogP contribution in [0.2, 0.25) is 0 Å². The van der Waals surface area contributed by atoms with E-state index in [4.69, 9.17) is 4.74 Å². The Bertz CT molecular complexity index is 860. The predicted octanol–water partition coefficient (Wildman–Crippen LogP) is 4.20. The first-order chi connectivity index (χ1) is 11.7. The van der Waals surface area contributed by atoms with Crippen molar-refractivity contribution < 1.29 is 14.6 Å². The van der Waals surface area contributed by atoms with Crippen LogP contribution in [0.15, 0.2) is 66.9 Å². The Labute approximate surface area is 139 Å². The minimum absolute atomic E-state index is 0.217. The van der Waals surface area contributed by atoms with Crippen LogP contribution in [-0.4, -0.2) is 23.2 Å². The maximum absolute atomic E-state index is 11.2. The number of carbonyl (C=O) groups is 1. The second-order valence-electron chi connectivity index (χ2n) is 5.14. The number of nitrogens with one attached hydrogen (secondary N) is 1. The lowest BCUT2D eigenvalue weighted by molar-refractivity contribution is 0.0698. The third-order valence-corrected chi connectivity index (χ3v) is 3.57. The average molecular weight is 320 g/mol. The van der Waals surface area contributed by atoms with Crippen molar-refractivity contribution >= 4 is 17.3 Å². The molecule has 0 bridgehead atoms. The molecule has 2 N–H and O–H groups in total. The molecule has 24 heavy (non-hydrogen) atoms. The van der Waals surface area contributed by atoms with Crippen molar-refractivity contribution in [1.82, 2.24) is 4.98 Å². The molecule has 0 spiro atoms. The van der Waals surface area contributed by atoms with Crippen LogP contribution in [0.5, 0.6) is 5.75 Å². The van der Waals surface area contributed by atoms with E-state index in [-0.39, 0.29) is 5.56 Å². The highest BCUT2D eigenvalue weighted by atomic mass is 16.5. The summed E-state index contributed by atoms with van der Waals surface area (Å²) in [4.78, 5) is 15.7. The Morgan fingerprint density at radius 2 is 1.92 bits per heavy atom. The Morgan fingerprint density at radius 3 is 2.62 bits per heavy atom. The van der Waals surface area contributed by atoms with Crippen molar-refractivity contribution in [3.8, 4) is 17.0 Å². The van der Waals surface area contributed by atoms with Gasteiger partial charge < -0.3 is 15.2 Å². The van der Waals surface area contributed by atoms with E-state index in [0.717, 1.165) is 22.7 Å². The molecule has 1 heterocycles. The minimum atomic E-state index is -0.973. The highest BCUT2D eigenvalue weighted by Crippen LogP contribution is 2.25. The molecule has 3 aromatic rings. The molecule has 0 amide bonds. The van der Waals surface area contributed by atoms with E-state index in [0.29, 0.717) is 5.69 Å². The number of pyridine rings is 1. The third kappa shape index (κ3) is 3.35. The smallest absolute Gasteiger partial charge is 0.337 e. The summed E-state index contributed by atoms with van der Waals surface area (Å²) in [5, 5.41) is 12.3. The van der Waals surface area contributed by atoms with Crippen molar-refractivity contribution in [3.63, 3.8) is 0 Å². The Morgan fingerprint density at radius 1 is 1.08 bits per heavy atom. The number of carboxylic acid groups (broad SMARTS) is 1. The zero-order chi connectivity index (χ0) is 16.9. The lowest BCUT2D eigenvalue weighted by Gasteiger charge is -2.10. The maximum Gasteiger partial charge on any atom is 0.337 e. The van der Waals surface area contributed by atoms with Crippen molar-refractivity contribution in [2.45, 2.75) is 0 Å². The molecule has 2 aromatic carbocycles. The first-order valence-electron chi connectivity index (χ1n) is 7.37. The second-order valence-corrected chi connectivity index (χ2v) is 5.14. The molecular formula is C19H16N2O3. The number of benzene rings is 2. The number of anilines is 2. The number of rotatable bonds is 5. The molecule has 5 heteroatoms. The van der Waals surface area contributed by atoms with Crippen molar-refractivity contribution in [1.29, 1.82) is 0 Å². The number of hydrogen-bond acceptors (Lipinski definition) is 4. The largest absolute Gasteiger partial charge is 0.497 e. The first kappa shape index (κ1) is 15.6. The number of methoxy groups -OCH3 is 1. The summed E-state index contributed by atoms with van der Waals surface area (Å²) >= 11 is 0. The van der Waals surface area contributed by atoms with Gasteiger partial charge in [0.2, 0.25) is 0 Å². The molecule has 0 radical (unpaired) electrons. The highest BCUT2D eigenvalue weighted by Gasteiger charge is 2.09. The molecule has 5 nitrogen and oxygen atoms in total. The molecule has 0 aliphatic heterocycles. The van der Waals surface area contributed by atoms with Crippen LogP contribution in [0.25, 0.3) is 11.3 Å².